The highest BCUT2D eigenvalue weighted by Crippen LogP contribution is 2.14. The Bertz CT molecular complexity index is 2070. The van der Waals surface area contributed by atoms with Crippen LogP contribution in [0, 0.1) is 17.8 Å². The normalized spacial score (nSPS) is 23.4. The largest absolute Gasteiger partial charge is 0.391 e. The monoisotopic (exact) mass is 1170 g/mol. The first-order valence-corrected chi connectivity index (χ1v) is 28.9. The number of nitrogens with two attached hydrogens (primary N) is 5. The van der Waals surface area contributed by atoms with E-state index in [0.29, 0.717) is 12.3 Å². The number of rotatable bonds is 29. The van der Waals surface area contributed by atoms with Crippen molar-refractivity contribution in [2.24, 2.45) is 46.4 Å². The molecule has 0 aromatic heterocycles. The number of carbonyl (C=O) groups excluding carboxylic acids is 11. The molecule has 1 aliphatic heterocycles. The molecule has 0 aliphatic carbocycles. The topological polar surface area (TPSA) is 491 Å². The molecule has 1 saturated heterocycles. The maximum Gasteiger partial charge on any atom is 0.245 e. The summed E-state index contributed by atoms with van der Waals surface area (Å²) in [5.74, 6) is -9.86. The van der Waals surface area contributed by atoms with Crippen LogP contribution in [-0.4, -0.2) is 187 Å². The highest BCUT2D eigenvalue weighted by molar-refractivity contribution is 5.99. The van der Waals surface area contributed by atoms with Crippen molar-refractivity contribution < 1.29 is 63.0 Å². The van der Waals surface area contributed by atoms with E-state index in [2.05, 4.69) is 72.3 Å². The number of hydrogen-bond donors (Lipinski definition) is 18. The lowest BCUT2D eigenvalue weighted by atomic mass is 9.99. The number of hydrogen-bond acceptors (Lipinski definition) is 18. The first-order chi connectivity index (χ1) is 38.7. The molecule has 0 bridgehead atoms. The molecule has 23 N–H and O–H groups in total. The van der Waals surface area contributed by atoms with Crippen LogP contribution >= 0.6 is 0 Å². The molecule has 0 saturated carbocycles. The van der Waals surface area contributed by atoms with Gasteiger partial charge in [-0.15, -0.1) is 0 Å². The van der Waals surface area contributed by atoms with Gasteiger partial charge in [0.2, 0.25) is 65.0 Å². The summed E-state index contributed by atoms with van der Waals surface area (Å²) < 4.78 is 0. The lowest BCUT2D eigenvalue weighted by Crippen LogP contribution is -2.62. The van der Waals surface area contributed by atoms with E-state index in [1.54, 1.807) is 27.7 Å². The van der Waals surface area contributed by atoms with Gasteiger partial charge in [-0.05, 0) is 116 Å². The maximum absolute atomic E-state index is 14.4. The molecule has 1 aliphatic rings. The average molecular weight is 1170 g/mol. The third-order valence-corrected chi connectivity index (χ3v) is 13.8. The van der Waals surface area contributed by atoms with Crippen LogP contribution in [0.3, 0.4) is 0 Å². The van der Waals surface area contributed by atoms with E-state index in [0.717, 1.165) is 25.7 Å². The molecule has 0 unspecified atom stereocenters. The average Bonchev–Trinajstić information content (AvgIpc) is 3.47. The van der Waals surface area contributed by atoms with Gasteiger partial charge in [0.05, 0.1) is 12.2 Å². The second-order valence-corrected chi connectivity index (χ2v) is 21.9. The van der Waals surface area contributed by atoms with E-state index in [4.69, 9.17) is 28.7 Å². The zero-order valence-corrected chi connectivity index (χ0v) is 49.4. The molecule has 470 valence electrons. The molecule has 1 heterocycles. The van der Waals surface area contributed by atoms with Gasteiger partial charge >= 0.3 is 0 Å². The first-order valence-electron chi connectivity index (χ1n) is 28.9. The van der Waals surface area contributed by atoms with Gasteiger partial charge < -0.3 is 97.4 Å². The molecule has 0 spiro atoms. The molecule has 0 radical (unpaired) electrons. The van der Waals surface area contributed by atoms with Crippen molar-refractivity contribution in [1.29, 1.82) is 0 Å². The van der Waals surface area contributed by atoms with Gasteiger partial charge in [0.1, 0.15) is 60.4 Å². The van der Waals surface area contributed by atoms with Crippen molar-refractivity contribution in [2.45, 2.75) is 211 Å². The quantitative estimate of drug-likeness (QED) is 0.0311. The Morgan fingerprint density at radius 3 is 1.50 bits per heavy atom. The van der Waals surface area contributed by atoms with Gasteiger partial charge in [-0.3, -0.25) is 52.7 Å². The summed E-state index contributed by atoms with van der Waals surface area (Å²) in [6.45, 7) is 12.4. The SMILES string of the molecule is CC[C@H](C)CCCCCC(=O)N[C@@H](CCN)C(=O)N[C@H](C(=O)N[C@@H](CCN)C(=O)N[C@H]1CCNC(=O)[C@H]([C@@H](C)O)NC(=O)[C@H](CCN)NC(=O)[C@H](CCN)NC(=O)[C@H](CC(C)C)NC(=O)[C@H](C(C)C)NC(=O)[C@H](CCN)NC1=O)[C@@H](C)O. The Morgan fingerprint density at radius 1 is 0.537 bits per heavy atom. The fourth-order valence-electron chi connectivity index (χ4n) is 8.74. The van der Waals surface area contributed by atoms with Crippen molar-refractivity contribution in [2.75, 3.05) is 39.3 Å². The minimum Gasteiger partial charge on any atom is -0.391 e. The summed E-state index contributed by atoms with van der Waals surface area (Å²) >= 11 is 0. The molecule has 1 rings (SSSR count). The van der Waals surface area contributed by atoms with Crippen molar-refractivity contribution in [3.05, 3.63) is 0 Å². The van der Waals surface area contributed by atoms with Gasteiger partial charge in [0.25, 0.3) is 0 Å². The van der Waals surface area contributed by atoms with Crippen LogP contribution in [0.15, 0.2) is 0 Å². The molecule has 11 amide bonds. The fraction of sp³-hybridized carbons (Fsp3) is 0.792. The Balaban J connectivity index is 3.76. The third-order valence-electron chi connectivity index (χ3n) is 13.8. The predicted molar refractivity (Wildman–Crippen MR) is 305 cm³/mol. The van der Waals surface area contributed by atoms with Crippen LogP contribution in [0.25, 0.3) is 0 Å². The van der Waals surface area contributed by atoms with Crippen LogP contribution in [0.1, 0.15) is 139 Å². The first kappa shape index (κ1) is 73.9. The smallest absolute Gasteiger partial charge is 0.245 e. The lowest BCUT2D eigenvalue weighted by molar-refractivity contribution is -0.137. The van der Waals surface area contributed by atoms with Crippen LogP contribution in [-0.2, 0) is 52.7 Å². The van der Waals surface area contributed by atoms with E-state index >= 15 is 0 Å². The second kappa shape index (κ2) is 39.4. The minimum atomic E-state index is -1.69. The second-order valence-electron chi connectivity index (χ2n) is 21.9. The van der Waals surface area contributed by atoms with Crippen LogP contribution in [0.4, 0.5) is 0 Å². The van der Waals surface area contributed by atoms with Crippen molar-refractivity contribution in [1.82, 2.24) is 58.5 Å². The summed E-state index contributed by atoms with van der Waals surface area (Å²) in [7, 11) is 0. The summed E-state index contributed by atoms with van der Waals surface area (Å²) in [5, 5.41) is 49.4. The number of aliphatic hydroxyl groups is 2. The number of amides is 11. The highest BCUT2D eigenvalue weighted by Gasteiger charge is 2.38. The number of aliphatic hydroxyl groups excluding tert-OH is 2. The number of carbonyl (C=O) groups is 11. The zero-order chi connectivity index (χ0) is 62.2. The molecule has 0 aromatic carbocycles. The van der Waals surface area contributed by atoms with E-state index in [1.807, 2.05) is 0 Å². The van der Waals surface area contributed by atoms with Crippen molar-refractivity contribution >= 4 is 65.0 Å². The molecular formula is C53H100N16O13. The molecule has 1 fully saturated rings. The number of unbranched alkanes of at least 4 members (excludes halogenated alkanes) is 2. The van der Waals surface area contributed by atoms with E-state index < -0.39 is 156 Å². The lowest BCUT2D eigenvalue weighted by Gasteiger charge is -2.29. The summed E-state index contributed by atoms with van der Waals surface area (Å²) in [6, 6.07) is -14.5. The maximum atomic E-state index is 14.4. The van der Waals surface area contributed by atoms with Crippen molar-refractivity contribution in [3.8, 4) is 0 Å². The van der Waals surface area contributed by atoms with Gasteiger partial charge in [0, 0.05) is 13.0 Å². The molecule has 82 heavy (non-hydrogen) atoms. The van der Waals surface area contributed by atoms with Gasteiger partial charge in [-0.1, -0.05) is 67.2 Å². The Labute approximate surface area is 482 Å². The van der Waals surface area contributed by atoms with E-state index in [-0.39, 0.29) is 83.6 Å². The number of nitrogens with one attached hydrogen (secondary N) is 11. The van der Waals surface area contributed by atoms with Crippen LogP contribution in [0.5, 0.6) is 0 Å². The summed E-state index contributed by atoms with van der Waals surface area (Å²) in [4.78, 5) is 152. The molecular weight excluding hydrogens is 1070 g/mol. The summed E-state index contributed by atoms with van der Waals surface area (Å²) in [6.07, 6.45) is 0.296. The molecule has 29 nitrogen and oxygen atoms in total. The van der Waals surface area contributed by atoms with Crippen molar-refractivity contribution in [3.63, 3.8) is 0 Å². The Kier molecular flexibility index (Phi) is 35.5. The molecule has 0 aromatic rings. The minimum absolute atomic E-state index is 0.0121. The Hall–Kier alpha value is -6.11. The standard InChI is InChI=1S/C53H100N16O13/c1-9-30(6)13-11-10-12-14-40(72)60-33(15-21-54)47(76)69-43(32(8)71)53(82)65-35(17-23-56)45(74)64-38-20-26-59-51(80)42(31(7)70)68-49(78)37(19-25-58)61-44(73)34(16-22-55)63-50(79)39(27-28(2)3)66-52(81)41(29(4)5)67-48(77)36(18-24-57)62-46(38)75/h28-39,41-43,70-71H,9-27,54-58H2,1-8H3,(H,59,80)(H,60,72)(H,61,73)(H,62,75)(H,63,79)(H,64,74)(H,65,82)(H,66,81)(H,67,77)(H,68,78)(H,69,76)/t30-,31+,32+,33-,34-,35-,36-,37-,38-,39-,41-,42-,43-/m0/s1. The Morgan fingerprint density at radius 2 is 1.02 bits per heavy atom. The van der Waals surface area contributed by atoms with Gasteiger partial charge in [-0.25, -0.2) is 0 Å². The van der Waals surface area contributed by atoms with Gasteiger partial charge in [0.15, 0.2) is 0 Å². The van der Waals surface area contributed by atoms with Crippen LogP contribution in [0.2, 0.25) is 0 Å². The predicted octanol–water partition coefficient (Wildman–Crippen LogP) is -5.44. The molecule has 29 heteroatoms. The molecule has 13 atom stereocenters. The zero-order valence-electron chi connectivity index (χ0n) is 49.4. The van der Waals surface area contributed by atoms with E-state index in [1.165, 1.54) is 13.8 Å². The van der Waals surface area contributed by atoms with Crippen LogP contribution < -0.4 is 87.2 Å². The third kappa shape index (κ3) is 26.9. The van der Waals surface area contributed by atoms with E-state index in [9.17, 15) is 63.0 Å². The fourth-order valence-corrected chi connectivity index (χ4v) is 8.74. The highest BCUT2D eigenvalue weighted by atomic mass is 16.3. The summed E-state index contributed by atoms with van der Waals surface area (Å²) in [5.41, 5.74) is 29.2. The van der Waals surface area contributed by atoms with Gasteiger partial charge in [-0.2, -0.15) is 0 Å².